The van der Waals surface area contributed by atoms with Gasteiger partial charge in [0.25, 0.3) is 11.5 Å². The van der Waals surface area contributed by atoms with Gasteiger partial charge >= 0.3 is 0 Å². The van der Waals surface area contributed by atoms with Crippen molar-refractivity contribution < 1.29 is 4.79 Å². The molecule has 0 atom stereocenters. The fraction of sp³-hybridized carbons (Fsp3) is 0. The van der Waals surface area contributed by atoms with Crippen LogP contribution in [0.4, 0.5) is 5.69 Å². The molecule has 0 fully saturated rings. The first-order chi connectivity index (χ1) is 7.77. The summed E-state index contributed by atoms with van der Waals surface area (Å²) in [6, 6.07) is 12.1. The molecule has 0 spiro atoms. The largest absolute Gasteiger partial charge is 0.328 e. The molecule has 0 saturated heterocycles. The predicted molar refractivity (Wildman–Crippen MR) is 61.5 cm³/mol. The minimum absolute atomic E-state index is 0.103. The third kappa shape index (κ3) is 2.17. The predicted octanol–water partition coefficient (Wildman–Crippen LogP) is 1.63. The monoisotopic (exact) mass is 214 g/mol. The van der Waals surface area contributed by atoms with Crippen LogP contribution in [0.25, 0.3) is 0 Å². The molecular weight excluding hydrogens is 204 g/mol. The second kappa shape index (κ2) is 4.44. The molecule has 1 aromatic carbocycles. The standard InChI is InChI=1S/C12H10N2O2/c15-11-10(7-4-8-13-11)12(16)14-9-5-2-1-3-6-9/h1-8H,(H,13,15)(H,14,16). The van der Waals surface area contributed by atoms with Gasteiger partial charge in [0.1, 0.15) is 5.56 Å². The Morgan fingerprint density at radius 1 is 1.06 bits per heavy atom. The molecule has 0 aliphatic carbocycles. The lowest BCUT2D eigenvalue weighted by Crippen LogP contribution is -2.22. The van der Waals surface area contributed by atoms with E-state index in [2.05, 4.69) is 10.3 Å². The van der Waals surface area contributed by atoms with Crippen molar-refractivity contribution in [2.45, 2.75) is 0 Å². The zero-order chi connectivity index (χ0) is 11.4. The summed E-state index contributed by atoms with van der Waals surface area (Å²) in [7, 11) is 0. The molecule has 0 saturated carbocycles. The van der Waals surface area contributed by atoms with Gasteiger partial charge in [-0.25, -0.2) is 0 Å². The smallest absolute Gasteiger partial charge is 0.261 e. The van der Waals surface area contributed by atoms with Crippen LogP contribution in [0.15, 0.2) is 53.5 Å². The number of nitrogens with one attached hydrogen (secondary N) is 2. The highest BCUT2D eigenvalue weighted by molar-refractivity contribution is 6.03. The molecule has 0 unspecified atom stereocenters. The number of hydrogen-bond acceptors (Lipinski definition) is 2. The molecule has 1 aromatic heterocycles. The third-order valence-corrected chi connectivity index (χ3v) is 2.09. The Morgan fingerprint density at radius 2 is 1.81 bits per heavy atom. The van der Waals surface area contributed by atoms with Gasteiger partial charge in [-0.15, -0.1) is 0 Å². The highest BCUT2D eigenvalue weighted by Crippen LogP contribution is 2.06. The molecule has 1 amide bonds. The van der Waals surface area contributed by atoms with Gasteiger partial charge in [-0.3, -0.25) is 9.59 Å². The Bertz CT molecular complexity index is 546. The van der Waals surface area contributed by atoms with Crippen LogP contribution in [-0.4, -0.2) is 10.9 Å². The minimum Gasteiger partial charge on any atom is -0.328 e. The van der Waals surface area contributed by atoms with Crippen molar-refractivity contribution in [3.63, 3.8) is 0 Å². The van der Waals surface area contributed by atoms with Gasteiger partial charge in [0.15, 0.2) is 0 Å². The molecule has 4 heteroatoms. The van der Waals surface area contributed by atoms with E-state index in [1.807, 2.05) is 18.2 Å². The summed E-state index contributed by atoms with van der Waals surface area (Å²) in [5.74, 6) is -0.409. The maximum absolute atomic E-state index is 11.7. The number of carbonyl (C=O) groups excluding carboxylic acids is 1. The van der Waals surface area contributed by atoms with E-state index in [9.17, 15) is 9.59 Å². The summed E-state index contributed by atoms with van der Waals surface area (Å²) in [6.07, 6.45) is 1.49. The van der Waals surface area contributed by atoms with E-state index >= 15 is 0 Å². The van der Waals surface area contributed by atoms with Crippen LogP contribution in [0.3, 0.4) is 0 Å². The van der Waals surface area contributed by atoms with Gasteiger partial charge in [0.2, 0.25) is 0 Å². The number of hydrogen-bond donors (Lipinski definition) is 2. The Morgan fingerprint density at radius 3 is 2.50 bits per heavy atom. The normalized spacial score (nSPS) is 9.75. The van der Waals surface area contributed by atoms with Crippen molar-refractivity contribution in [1.29, 1.82) is 0 Å². The average Bonchev–Trinajstić information content (AvgIpc) is 2.31. The van der Waals surface area contributed by atoms with Gasteiger partial charge in [-0.05, 0) is 24.3 Å². The van der Waals surface area contributed by atoms with E-state index in [-0.39, 0.29) is 5.56 Å². The van der Waals surface area contributed by atoms with Crippen molar-refractivity contribution in [3.8, 4) is 0 Å². The number of anilines is 1. The fourth-order valence-corrected chi connectivity index (χ4v) is 1.32. The number of aromatic nitrogens is 1. The van der Waals surface area contributed by atoms with Crippen LogP contribution in [0.2, 0.25) is 0 Å². The summed E-state index contributed by atoms with van der Waals surface area (Å²) >= 11 is 0. The Balaban J connectivity index is 2.22. The maximum atomic E-state index is 11.7. The van der Waals surface area contributed by atoms with Crippen LogP contribution in [0, 0.1) is 0 Å². The minimum atomic E-state index is -0.409. The van der Waals surface area contributed by atoms with Crippen LogP contribution < -0.4 is 10.9 Å². The molecule has 0 bridgehead atoms. The van der Waals surface area contributed by atoms with E-state index < -0.39 is 11.5 Å². The molecule has 4 nitrogen and oxygen atoms in total. The van der Waals surface area contributed by atoms with Crippen molar-refractivity contribution in [1.82, 2.24) is 4.98 Å². The second-order valence-electron chi connectivity index (χ2n) is 3.23. The van der Waals surface area contributed by atoms with E-state index in [0.717, 1.165) is 0 Å². The Kier molecular flexibility index (Phi) is 2.82. The molecule has 80 valence electrons. The summed E-state index contributed by atoms with van der Waals surface area (Å²) in [5.41, 5.74) is 0.373. The number of carbonyl (C=O) groups is 1. The van der Waals surface area contributed by atoms with E-state index in [0.29, 0.717) is 5.69 Å². The van der Waals surface area contributed by atoms with Crippen molar-refractivity contribution in [3.05, 3.63) is 64.6 Å². The van der Waals surface area contributed by atoms with E-state index in [1.54, 1.807) is 18.2 Å². The average molecular weight is 214 g/mol. The molecule has 0 aliphatic rings. The summed E-state index contributed by atoms with van der Waals surface area (Å²) in [6.45, 7) is 0. The zero-order valence-corrected chi connectivity index (χ0v) is 8.44. The molecule has 1 heterocycles. The number of para-hydroxylation sites is 1. The summed E-state index contributed by atoms with van der Waals surface area (Å²) in [5, 5.41) is 2.64. The zero-order valence-electron chi connectivity index (χ0n) is 8.44. The first-order valence-electron chi connectivity index (χ1n) is 4.81. The molecule has 2 aromatic rings. The lowest BCUT2D eigenvalue weighted by molar-refractivity contribution is 0.102. The van der Waals surface area contributed by atoms with Gasteiger partial charge in [0.05, 0.1) is 0 Å². The lowest BCUT2D eigenvalue weighted by Gasteiger charge is -2.03. The van der Waals surface area contributed by atoms with Crippen molar-refractivity contribution in [2.75, 3.05) is 5.32 Å². The molecular formula is C12H10N2O2. The van der Waals surface area contributed by atoms with E-state index in [1.165, 1.54) is 12.3 Å². The number of rotatable bonds is 2. The van der Waals surface area contributed by atoms with Crippen LogP contribution in [0.5, 0.6) is 0 Å². The number of aromatic amines is 1. The highest BCUT2D eigenvalue weighted by Gasteiger charge is 2.08. The number of benzene rings is 1. The van der Waals surface area contributed by atoms with Crippen LogP contribution in [0.1, 0.15) is 10.4 Å². The van der Waals surface area contributed by atoms with Gasteiger partial charge in [-0.1, -0.05) is 18.2 Å². The number of amides is 1. The van der Waals surface area contributed by atoms with Crippen molar-refractivity contribution in [2.24, 2.45) is 0 Å². The molecule has 0 radical (unpaired) electrons. The molecule has 0 aliphatic heterocycles. The van der Waals surface area contributed by atoms with E-state index in [4.69, 9.17) is 0 Å². The SMILES string of the molecule is O=C(Nc1ccccc1)c1ccc[nH]c1=O. The van der Waals surface area contributed by atoms with Crippen LogP contribution >= 0.6 is 0 Å². The topological polar surface area (TPSA) is 62.0 Å². The lowest BCUT2D eigenvalue weighted by atomic mass is 10.2. The first kappa shape index (κ1) is 10.2. The number of pyridine rings is 1. The quantitative estimate of drug-likeness (QED) is 0.798. The maximum Gasteiger partial charge on any atom is 0.261 e. The third-order valence-electron chi connectivity index (χ3n) is 2.09. The van der Waals surface area contributed by atoms with Crippen molar-refractivity contribution >= 4 is 11.6 Å². The highest BCUT2D eigenvalue weighted by atomic mass is 16.2. The summed E-state index contributed by atoms with van der Waals surface area (Å²) < 4.78 is 0. The first-order valence-corrected chi connectivity index (χ1v) is 4.81. The van der Waals surface area contributed by atoms with Gasteiger partial charge in [-0.2, -0.15) is 0 Å². The Labute approximate surface area is 91.9 Å². The second-order valence-corrected chi connectivity index (χ2v) is 3.23. The van der Waals surface area contributed by atoms with Gasteiger partial charge < -0.3 is 10.3 Å². The fourth-order valence-electron chi connectivity index (χ4n) is 1.32. The summed E-state index contributed by atoms with van der Waals surface area (Å²) in [4.78, 5) is 25.5. The number of H-pyrrole nitrogens is 1. The van der Waals surface area contributed by atoms with Gasteiger partial charge in [0, 0.05) is 11.9 Å². The molecule has 16 heavy (non-hydrogen) atoms. The van der Waals surface area contributed by atoms with Crippen LogP contribution in [-0.2, 0) is 0 Å². The molecule has 2 rings (SSSR count). The Hall–Kier alpha value is -2.36. The molecule has 2 N–H and O–H groups in total.